The maximum atomic E-state index is 12.2. The molecule has 2 fully saturated rings. The first-order valence-corrected chi connectivity index (χ1v) is 11.6. The van der Waals surface area contributed by atoms with E-state index in [1.807, 2.05) is 36.4 Å². The van der Waals surface area contributed by atoms with Gasteiger partial charge >= 0.3 is 5.97 Å². The molecule has 0 heterocycles. The Hall–Kier alpha value is -2.33. The first-order chi connectivity index (χ1) is 14.8. The minimum absolute atomic E-state index is 0.0426. The number of hydrogen-bond donors (Lipinski definition) is 3. The maximum absolute atomic E-state index is 12.2. The molecule has 164 valence electrons. The highest BCUT2D eigenvalue weighted by Crippen LogP contribution is 2.67. The molecule has 5 rings (SSSR count). The van der Waals surface area contributed by atoms with E-state index in [9.17, 15) is 20.1 Å². The van der Waals surface area contributed by atoms with E-state index in [-0.39, 0.29) is 11.8 Å². The summed E-state index contributed by atoms with van der Waals surface area (Å²) in [5.41, 5.74) is 2.26. The summed E-state index contributed by atoms with van der Waals surface area (Å²) >= 11 is 0. The lowest BCUT2D eigenvalue weighted by molar-refractivity contribution is -0.146. The average molecular weight is 421 g/mol. The molecule has 4 nitrogen and oxygen atoms in total. The van der Waals surface area contributed by atoms with Crippen LogP contribution in [0.4, 0.5) is 0 Å². The highest BCUT2D eigenvalue weighted by atomic mass is 16.4. The first-order valence-electron chi connectivity index (χ1n) is 11.6. The van der Waals surface area contributed by atoms with Gasteiger partial charge in [0.1, 0.15) is 5.75 Å². The molecule has 0 bridgehead atoms. The zero-order valence-electron chi connectivity index (χ0n) is 18.1. The van der Waals surface area contributed by atoms with Crippen LogP contribution in [-0.4, -0.2) is 26.9 Å². The maximum Gasteiger partial charge on any atom is 0.304 e. The van der Waals surface area contributed by atoms with Crippen LogP contribution >= 0.6 is 0 Å². The van der Waals surface area contributed by atoms with E-state index in [0.29, 0.717) is 29.9 Å². The van der Waals surface area contributed by atoms with E-state index in [1.165, 1.54) is 11.1 Å². The molecule has 2 aromatic rings. The quantitative estimate of drug-likeness (QED) is 0.632. The number of phenolic OH excluding ortho intramolecular Hbond substituents is 1. The van der Waals surface area contributed by atoms with Crippen LogP contribution in [0.1, 0.15) is 74.0 Å². The predicted molar refractivity (Wildman–Crippen MR) is 119 cm³/mol. The molecule has 3 N–H and O–H groups in total. The Morgan fingerprint density at radius 2 is 1.87 bits per heavy atom. The van der Waals surface area contributed by atoms with Gasteiger partial charge in [-0.3, -0.25) is 4.79 Å². The van der Waals surface area contributed by atoms with E-state index in [0.717, 1.165) is 37.7 Å². The first kappa shape index (κ1) is 20.6. The van der Waals surface area contributed by atoms with E-state index in [4.69, 9.17) is 0 Å². The van der Waals surface area contributed by atoms with E-state index in [2.05, 4.69) is 13.0 Å². The van der Waals surface area contributed by atoms with E-state index >= 15 is 0 Å². The van der Waals surface area contributed by atoms with Crippen LogP contribution in [-0.2, 0) is 11.2 Å². The van der Waals surface area contributed by atoms with E-state index in [1.54, 1.807) is 6.07 Å². The molecular formula is C27H32O4. The lowest BCUT2D eigenvalue weighted by Gasteiger charge is -2.55. The van der Waals surface area contributed by atoms with Crippen LogP contribution in [0, 0.1) is 17.3 Å². The van der Waals surface area contributed by atoms with Crippen LogP contribution in [0.5, 0.6) is 5.75 Å². The Morgan fingerprint density at radius 1 is 1.10 bits per heavy atom. The number of benzene rings is 2. The lowest BCUT2D eigenvalue weighted by atomic mass is 9.51. The highest BCUT2D eigenvalue weighted by Gasteiger charge is 2.64. The monoisotopic (exact) mass is 420 g/mol. The summed E-state index contributed by atoms with van der Waals surface area (Å²) < 4.78 is 0. The van der Waals surface area contributed by atoms with Gasteiger partial charge in [-0.05, 0) is 85.1 Å². The molecule has 6 atom stereocenters. The number of hydrogen-bond acceptors (Lipinski definition) is 3. The Morgan fingerprint density at radius 3 is 2.61 bits per heavy atom. The molecule has 0 radical (unpaired) electrons. The number of carboxylic acid groups (broad SMARTS) is 1. The summed E-state index contributed by atoms with van der Waals surface area (Å²) in [5.74, 6) is 0.455. The number of aliphatic hydroxyl groups is 1. The number of rotatable bonds is 4. The molecule has 2 saturated carbocycles. The molecule has 0 saturated heterocycles. The number of phenols is 1. The smallest absolute Gasteiger partial charge is 0.304 e. The van der Waals surface area contributed by atoms with Crippen molar-refractivity contribution in [2.75, 3.05) is 0 Å². The summed E-state index contributed by atoms with van der Waals surface area (Å²) in [6.07, 6.45) is 5.51. The number of aromatic hydroxyl groups is 1. The van der Waals surface area contributed by atoms with Gasteiger partial charge in [0.05, 0.1) is 12.0 Å². The lowest BCUT2D eigenvalue weighted by Crippen LogP contribution is -2.54. The second-order valence-electron chi connectivity index (χ2n) is 10.3. The molecular weight excluding hydrogens is 388 g/mol. The minimum atomic E-state index is -1.02. The van der Waals surface area contributed by atoms with Gasteiger partial charge < -0.3 is 15.3 Å². The third-order valence-electron chi connectivity index (χ3n) is 9.08. The number of carbonyl (C=O) groups is 1. The van der Waals surface area contributed by atoms with Gasteiger partial charge in [-0.2, -0.15) is 0 Å². The summed E-state index contributed by atoms with van der Waals surface area (Å²) in [7, 11) is 0. The van der Waals surface area contributed by atoms with Crippen molar-refractivity contribution in [2.24, 2.45) is 17.3 Å². The second kappa shape index (κ2) is 7.37. The fourth-order valence-electron chi connectivity index (χ4n) is 7.61. The SMILES string of the molecule is C[C@]12CC[C@@H]3c4ccc(O)cc4CC[C@H]3[C@@H]1CC[C@@]2(O)C(CC(=O)O)c1ccccc1. The fraction of sp³-hybridized carbons (Fsp3) is 0.519. The number of aliphatic carboxylic acids is 1. The third kappa shape index (κ3) is 3.10. The Balaban J connectivity index is 1.51. The molecule has 0 spiro atoms. The van der Waals surface area contributed by atoms with Crippen molar-refractivity contribution in [3.63, 3.8) is 0 Å². The molecule has 3 aliphatic carbocycles. The summed E-state index contributed by atoms with van der Waals surface area (Å²) in [4.78, 5) is 11.8. The van der Waals surface area contributed by atoms with Crippen molar-refractivity contribution in [1.29, 1.82) is 0 Å². The predicted octanol–water partition coefficient (Wildman–Crippen LogP) is 5.24. The van der Waals surface area contributed by atoms with Crippen molar-refractivity contribution < 1.29 is 20.1 Å². The van der Waals surface area contributed by atoms with Gasteiger partial charge in [0, 0.05) is 11.3 Å². The van der Waals surface area contributed by atoms with Crippen molar-refractivity contribution in [1.82, 2.24) is 0 Å². The summed E-state index contributed by atoms with van der Waals surface area (Å²) in [6.45, 7) is 2.23. The topological polar surface area (TPSA) is 77.8 Å². The Labute approximate surface area is 183 Å². The van der Waals surface area contributed by atoms with Gasteiger partial charge in [-0.1, -0.05) is 43.3 Å². The molecule has 31 heavy (non-hydrogen) atoms. The zero-order chi connectivity index (χ0) is 21.8. The second-order valence-corrected chi connectivity index (χ2v) is 10.3. The third-order valence-corrected chi connectivity index (χ3v) is 9.08. The van der Waals surface area contributed by atoms with Gasteiger partial charge in [-0.15, -0.1) is 0 Å². The van der Waals surface area contributed by atoms with Crippen molar-refractivity contribution >= 4 is 5.97 Å². The molecule has 3 aliphatic rings. The summed E-state index contributed by atoms with van der Waals surface area (Å²) in [6, 6.07) is 15.6. The van der Waals surface area contributed by atoms with Crippen molar-refractivity contribution in [3.05, 3.63) is 65.2 Å². The van der Waals surface area contributed by atoms with Crippen molar-refractivity contribution in [2.45, 2.75) is 69.3 Å². The van der Waals surface area contributed by atoms with Crippen LogP contribution in [0.25, 0.3) is 0 Å². The molecule has 0 aliphatic heterocycles. The van der Waals surface area contributed by atoms with Gasteiger partial charge in [-0.25, -0.2) is 0 Å². The number of aryl methyl sites for hydroxylation is 1. The molecule has 0 aromatic heterocycles. The van der Waals surface area contributed by atoms with Gasteiger partial charge in [0.25, 0.3) is 0 Å². The molecule has 4 heteroatoms. The minimum Gasteiger partial charge on any atom is -0.508 e. The molecule has 0 amide bonds. The van der Waals surface area contributed by atoms with E-state index < -0.39 is 17.5 Å². The van der Waals surface area contributed by atoms with Crippen LogP contribution < -0.4 is 0 Å². The van der Waals surface area contributed by atoms with Crippen LogP contribution in [0.3, 0.4) is 0 Å². The largest absolute Gasteiger partial charge is 0.508 e. The standard InChI is InChI=1S/C27H32O4/c1-26-13-11-21-20-10-8-19(28)15-18(20)7-9-22(21)23(26)12-14-27(26,31)24(16-25(29)30)17-5-3-2-4-6-17/h2-6,8,10,15,21-24,28,31H,7,9,11-14,16H2,1H3,(H,29,30)/t21-,22-,23+,24?,26+,27-/m1/s1. The number of carboxylic acids is 1. The molecule has 2 aromatic carbocycles. The van der Waals surface area contributed by atoms with Gasteiger partial charge in [0.15, 0.2) is 0 Å². The molecule has 1 unspecified atom stereocenters. The van der Waals surface area contributed by atoms with Crippen LogP contribution in [0.2, 0.25) is 0 Å². The highest BCUT2D eigenvalue weighted by molar-refractivity contribution is 5.68. The van der Waals surface area contributed by atoms with Gasteiger partial charge in [0.2, 0.25) is 0 Å². The zero-order valence-corrected chi connectivity index (χ0v) is 18.1. The summed E-state index contributed by atoms with van der Waals surface area (Å²) in [5, 5.41) is 31.8. The Bertz CT molecular complexity index is 986. The normalized spacial score (nSPS) is 35.0. The Kier molecular flexibility index (Phi) is 4.89. The average Bonchev–Trinajstić information content (AvgIpc) is 3.04. The van der Waals surface area contributed by atoms with Crippen LogP contribution in [0.15, 0.2) is 48.5 Å². The van der Waals surface area contributed by atoms with Crippen molar-refractivity contribution in [3.8, 4) is 5.75 Å². The fourth-order valence-corrected chi connectivity index (χ4v) is 7.61. The number of fused-ring (bicyclic) bond motifs is 5.